The van der Waals surface area contributed by atoms with Gasteiger partial charge in [-0.2, -0.15) is 0 Å². The Morgan fingerprint density at radius 1 is 1.24 bits per heavy atom. The predicted octanol–water partition coefficient (Wildman–Crippen LogP) is 4.15. The van der Waals surface area contributed by atoms with E-state index in [0.717, 1.165) is 25.7 Å². The predicted molar refractivity (Wildman–Crippen MR) is 88.1 cm³/mol. The van der Waals surface area contributed by atoms with Gasteiger partial charge in [0, 0.05) is 12.3 Å². The van der Waals surface area contributed by atoms with E-state index in [-0.39, 0.29) is 11.3 Å². The fraction of sp³-hybridized carbons (Fsp3) is 0.632. The van der Waals surface area contributed by atoms with Gasteiger partial charge in [-0.05, 0) is 48.6 Å². The number of ketones is 1. The van der Waals surface area contributed by atoms with Crippen molar-refractivity contribution in [2.24, 2.45) is 23.0 Å². The normalized spacial score (nSPS) is 22.9. The third-order valence-corrected chi connectivity index (χ3v) is 4.91. The molecule has 2 N–H and O–H groups in total. The van der Waals surface area contributed by atoms with Crippen LogP contribution in [0.3, 0.4) is 0 Å². The summed E-state index contributed by atoms with van der Waals surface area (Å²) in [4.78, 5) is 12.4. The third kappa shape index (κ3) is 4.41. The van der Waals surface area contributed by atoms with E-state index < -0.39 is 0 Å². The number of Topliss-reactive ketones (excluding diaryl/α,β-unsaturated/α-hetero) is 1. The van der Waals surface area contributed by atoms with Crippen molar-refractivity contribution < 1.29 is 4.79 Å². The molecule has 0 spiro atoms. The summed E-state index contributed by atoms with van der Waals surface area (Å²) in [5.41, 5.74) is 7.28. The smallest absolute Gasteiger partial charge is 0.136 e. The molecule has 0 amide bonds. The molecule has 2 nitrogen and oxygen atoms in total. The molecule has 1 aliphatic carbocycles. The molecule has 0 aromatic heterocycles. The van der Waals surface area contributed by atoms with Gasteiger partial charge in [-0.15, -0.1) is 0 Å². The zero-order valence-electron chi connectivity index (χ0n) is 13.6. The lowest BCUT2D eigenvalue weighted by Crippen LogP contribution is -2.24. The first-order valence-corrected chi connectivity index (χ1v) is 8.21. The molecular formula is C19H29NO. The zero-order chi connectivity index (χ0) is 15.5. The van der Waals surface area contributed by atoms with Gasteiger partial charge in [0.05, 0.1) is 0 Å². The highest BCUT2D eigenvalue weighted by Crippen LogP contribution is 2.49. The van der Waals surface area contributed by atoms with Gasteiger partial charge >= 0.3 is 0 Å². The Hall–Kier alpha value is -1.15. The second kappa shape index (κ2) is 6.74. The van der Waals surface area contributed by atoms with Gasteiger partial charge < -0.3 is 5.73 Å². The largest absolute Gasteiger partial charge is 0.330 e. The van der Waals surface area contributed by atoms with Crippen molar-refractivity contribution >= 4 is 5.78 Å². The van der Waals surface area contributed by atoms with Gasteiger partial charge in [0.25, 0.3) is 0 Å². The highest BCUT2D eigenvalue weighted by Gasteiger charge is 2.43. The Morgan fingerprint density at radius 2 is 1.90 bits per heavy atom. The standard InChI is InChI=1S/C19H29NO/c1-19(2,3)15(11-12-20)9-10-18(21)17-13-16(17)14-7-5-4-6-8-14/h4-8,15-17H,9-13,20H2,1-3H3. The van der Waals surface area contributed by atoms with E-state index in [9.17, 15) is 4.79 Å². The van der Waals surface area contributed by atoms with Crippen molar-refractivity contribution in [1.29, 1.82) is 0 Å². The summed E-state index contributed by atoms with van der Waals surface area (Å²) in [7, 11) is 0. The van der Waals surface area contributed by atoms with Crippen LogP contribution in [0.1, 0.15) is 57.9 Å². The molecule has 1 aromatic rings. The molecule has 1 saturated carbocycles. The highest BCUT2D eigenvalue weighted by molar-refractivity contribution is 5.85. The Bertz CT molecular complexity index is 460. The van der Waals surface area contributed by atoms with E-state index in [2.05, 4.69) is 45.0 Å². The number of hydrogen-bond acceptors (Lipinski definition) is 2. The van der Waals surface area contributed by atoms with Crippen LogP contribution >= 0.6 is 0 Å². The summed E-state index contributed by atoms with van der Waals surface area (Å²) >= 11 is 0. The number of nitrogens with two attached hydrogens (primary N) is 1. The summed E-state index contributed by atoms with van der Waals surface area (Å²) in [5, 5.41) is 0. The lowest BCUT2D eigenvalue weighted by molar-refractivity contribution is -0.120. The number of carbonyl (C=O) groups is 1. The van der Waals surface area contributed by atoms with Crippen molar-refractivity contribution in [2.75, 3.05) is 6.54 Å². The van der Waals surface area contributed by atoms with Gasteiger partial charge in [0.15, 0.2) is 0 Å². The summed E-state index contributed by atoms with van der Waals surface area (Å²) in [6.07, 6.45) is 3.76. The molecule has 0 saturated heterocycles. The molecule has 2 rings (SSSR count). The number of rotatable bonds is 7. The maximum absolute atomic E-state index is 12.4. The quantitative estimate of drug-likeness (QED) is 0.818. The minimum Gasteiger partial charge on any atom is -0.330 e. The monoisotopic (exact) mass is 287 g/mol. The Morgan fingerprint density at radius 3 is 2.48 bits per heavy atom. The van der Waals surface area contributed by atoms with E-state index in [1.54, 1.807) is 0 Å². The van der Waals surface area contributed by atoms with Gasteiger partial charge in [-0.3, -0.25) is 4.79 Å². The number of benzene rings is 1. The van der Waals surface area contributed by atoms with Crippen molar-refractivity contribution in [3.8, 4) is 0 Å². The maximum Gasteiger partial charge on any atom is 0.136 e. The van der Waals surface area contributed by atoms with Gasteiger partial charge in [0.2, 0.25) is 0 Å². The lowest BCUT2D eigenvalue weighted by Gasteiger charge is -2.30. The first-order valence-electron chi connectivity index (χ1n) is 8.21. The van der Waals surface area contributed by atoms with Crippen LogP contribution in [0.4, 0.5) is 0 Å². The van der Waals surface area contributed by atoms with Crippen LogP contribution in [0, 0.1) is 17.3 Å². The van der Waals surface area contributed by atoms with E-state index in [1.165, 1.54) is 5.56 Å². The van der Waals surface area contributed by atoms with Crippen molar-refractivity contribution in [1.82, 2.24) is 0 Å². The highest BCUT2D eigenvalue weighted by atomic mass is 16.1. The minimum atomic E-state index is 0.238. The SMILES string of the molecule is CC(C)(C)C(CCN)CCC(=O)C1CC1c1ccccc1. The molecule has 1 fully saturated rings. The average molecular weight is 287 g/mol. The molecule has 1 aromatic carbocycles. The van der Waals surface area contributed by atoms with E-state index in [0.29, 0.717) is 24.2 Å². The average Bonchev–Trinajstić information content (AvgIpc) is 3.23. The van der Waals surface area contributed by atoms with Gasteiger partial charge in [-0.1, -0.05) is 51.1 Å². The fourth-order valence-electron chi connectivity index (χ4n) is 3.33. The summed E-state index contributed by atoms with van der Waals surface area (Å²) in [6, 6.07) is 10.4. The minimum absolute atomic E-state index is 0.238. The number of hydrogen-bond donors (Lipinski definition) is 1. The maximum atomic E-state index is 12.4. The Kier molecular flexibility index (Phi) is 5.21. The fourth-order valence-corrected chi connectivity index (χ4v) is 3.33. The molecule has 3 unspecified atom stereocenters. The van der Waals surface area contributed by atoms with Crippen LogP contribution in [-0.2, 0) is 4.79 Å². The lowest BCUT2D eigenvalue weighted by atomic mass is 9.76. The summed E-state index contributed by atoms with van der Waals surface area (Å²) in [6.45, 7) is 7.47. The van der Waals surface area contributed by atoms with E-state index >= 15 is 0 Å². The Labute approximate surface area is 129 Å². The molecule has 1 aliphatic rings. The van der Waals surface area contributed by atoms with Crippen LogP contribution in [0.25, 0.3) is 0 Å². The van der Waals surface area contributed by atoms with Crippen LogP contribution in [0.2, 0.25) is 0 Å². The van der Waals surface area contributed by atoms with Gasteiger partial charge in [-0.25, -0.2) is 0 Å². The van der Waals surface area contributed by atoms with Crippen LogP contribution in [-0.4, -0.2) is 12.3 Å². The summed E-state index contributed by atoms with van der Waals surface area (Å²) < 4.78 is 0. The van der Waals surface area contributed by atoms with Crippen LogP contribution in [0.15, 0.2) is 30.3 Å². The van der Waals surface area contributed by atoms with Crippen molar-refractivity contribution in [2.45, 2.75) is 52.4 Å². The second-order valence-electron chi connectivity index (χ2n) is 7.50. The third-order valence-electron chi connectivity index (χ3n) is 4.91. The Balaban J connectivity index is 1.83. The van der Waals surface area contributed by atoms with E-state index in [4.69, 9.17) is 5.73 Å². The molecule has 0 aliphatic heterocycles. The molecule has 0 heterocycles. The molecule has 21 heavy (non-hydrogen) atoms. The van der Waals surface area contributed by atoms with Gasteiger partial charge in [0.1, 0.15) is 5.78 Å². The molecule has 0 radical (unpaired) electrons. The molecule has 116 valence electrons. The zero-order valence-corrected chi connectivity index (χ0v) is 13.6. The number of carbonyl (C=O) groups excluding carboxylic acids is 1. The first kappa shape index (κ1) is 16.2. The van der Waals surface area contributed by atoms with Crippen molar-refractivity contribution in [3.05, 3.63) is 35.9 Å². The molecule has 0 bridgehead atoms. The summed E-state index contributed by atoms with van der Waals surface area (Å²) in [5.74, 6) is 1.74. The second-order valence-corrected chi connectivity index (χ2v) is 7.50. The van der Waals surface area contributed by atoms with E-state index in [1.807, 2.05) is 6.07 Å². The first-order chi connectivity index (χ1) is 9.93. The molecular weight excluding hydrogens is 258 g/mol. The van der Waals surface area contributed by atoms with Crippen molar-refractivity contribution in [3.63, 3.8) is 0 Å². The molecule has 3 atom stereocenters. The topological polar surface area (TPSA) is 43.1 Å². The van der Waals surface area contributed by atoms with Crippen LogP contribution in [0.5, 0.6) is 0 Å². The van der Waals surface area contributed by atoms with Crippen LogP contribution < -0.4 is 5.73 Å². The molecule has 2 heteroatoms.